The summed E-state index contributed by atoms with van der Waals surface area (Å²) in [4.78, 5) is 23.6. The van der Waals surface area contributed by atoms with Gasteiger partial charge in [0, 0.05) is 19.5 Å². The van der Waals surface area contributed by atoms with Crippen LogP contribution in [0.1, 0.15) is 36.5 Å². The maximum Gasteiger partial charge on any atom is 0.255 e. The molecule has 1 aromatic rings. The second kappa shape index (κ2) is 12.7. The highest BCUT2D eigenvalue weighted by Gasteiger charge is 2.11. The SMILES string of the molecule is CCOc1ccccc1C(=O)NCCCC(=O)NCCCN.Cl. The van der Waals surface area contributed by atoms with Gasteiger partial charge in [-0.15, -0.1) is 12.4 Å². The summed E-state index contributed by atoms with van der Waals surface area (Å²) >= 11 is 0. The number of carbonyl (C=O) groups excluding carboxylic acids is 2. The number of para-hydroxylation sites is 1. The summed E-state index contributed by atoms with van der Waals surface area (Å²) in [5, 5.41) is 5.58. The van der Waals surface area contributed by atoms with E-state index in [1.807, 2.05) is 13.0 Å². The van der Waals surface area contributed by atoms with Crippen LogP contribution >= 0.6 is 12.4 Å². The molecular weight excluding hydrogens is 318 g/mol. The Morgan fingerprint density at radius 1 is 1.13 bits per heavy atom. The van der Waals surface area contributed by atoms with Crippen LogP contribution in [0.5, 0.6) is 5.75 Å². The molecule has 2 amide bonds. The van der Waals surface area contributed by atoms with Gasteiger partial charge in [0.1, 0.15) is 5.75 Å². The molecule has 0 radical (unpaired) electrons. The average molecular weight is 344 g/mol. The molecule has 0 unspecified atom stereocenters. The quantitative estimate of drug-likeness (QED) is 0.561. The van der Waals surface area contributed by atoms with Gasteiger partial charge in [-0.1, -0.05) is 12.1 Å². The lowest BCUT2D eigenvalue weighted by atomic mass is 10.2. The molecule has 0 atom stereocenters. The number of halogens is 1. The molecule has 1 rings (SSSR count). The number of nitrogens with two attached hydrogens (primary N) is 1. The zero-order valence-corrected chi connectivity index (χ0v) is 14.3. The second-order valence-electron chi connectivity index (χ2n) is 4.78. The third kappa shape index (κ3) is 8.42. The van der Waals surface area contributed by atoms with E-state index < -0.39 is 0 Å². The van der Waals surface area contributed by atoms with Crippen molar-refractivity contribution in [2.24, 2.45) is 5.73 Å². The Labute approximate surface area is 143 Å². The van der Waals surface area contributed by atoms with Gasteiger partial charge in [-0.2, -0.15) is 0 Å². The first-order valence-corrected chi connectivity index (χ1v) is 7.65. The van der Waals surface area contributed by atoms with E-state index in [0.717, 1.165) is 6.42 Å². The first-order valence-electron chi connectivity index (χ1n) is 7.65. The predicted octanol–water partition coefficient (Wildman–Crippen LogP) is 1.48. The Kier molecular flexibility index (Phi) is 11.7. The summed E-state index contributed by atoms with van der Waals surface area (Å²) in [5.41, 5.74) is 5.86. The van der Waals surface area contributed by atoms with Crippen molar-refractivity contribution in [3.8, 4) is 5.75 Å². The summed E-state index contributed by atoms with van der Waals surface area (Å²) in [5.74, 6) is 0.368. The van der Waals surface area contributed by atoms with Crippen LogP contribution in [-0.4, -0.2) is 38.1 Å². The van der Waals surface area contributed by atoms with E-state index >= 15 is 0 Å². The minimum Gasteiger partial charge on any atom is -0.493 e. The molecule has 0 aliphatic carbocycles. The summed E-state index contributed by atoms with van der Waals surface area (Å²) < 4.78 is 5.42. The lowest BCUT2D eigenvalue weighted by Gasteiger charge is -2.10. The molecule has 0 saturated carbocycles. The van der Waals surface area contributed by atoms with Gasteiger partial charge in [-0.3, -0.25) is 9.59 Å². The fraction of sp³-hybridized carbons (Fsp3) is 0.500. The van der Waals surface area contributed by atoms with Crippen molar-refractivity contribution in [3.05, 3.63) is 29.8 Å². The Morgan fingerprint density at radius 3 is 2.52 bits per heavy atom. The van der Waals surface area contributed by atoms with Gasteiger partial charge in [0.15, 0.2) is 0 Å². The fourth-order valence-corrected chi connectivity index (χ4v) is 1.90. The molecule has 0 fully saturated rings. The molecular formula is C16H26ClN3O3. The van der Waals surface area contributed by atoms with Crippen molar-refractivity contribution in [1.29, 1.82) is 0 Å². The minimum atomic E-state index is -0.187. The first-order chi connectivity index (χ1) is 10.7. The molecule has 0 bridgehead atoms. The van der Waals surface area contributed by atoms with Crippen LogP contribution in [0.4, 0.5) is 0 Å². The van der Waals surface area contributed by atoms with E-state index in [2.05, 4.69) is 10.6 Å². The number of hydrogen-bond donors (Lipinski definition) is 3. The van der Waals surface area contributed by atoms with Crippen molar-refractivity contribution < 1.29 is 14.3 Å². The summed E-state index contributed by atoms with van der Waals surface area (Å²) in [6.45, 7) is 3.99. The summed E-state index contributed by atoms with van der Waals surface area (Å²) in [6.07, 6.45) is 1.76. The van der Waals surface area contributed by atoms with Gasteiger partial charge in [-0.05, 0) is 38.4 Å². The zero-order chi connectivity index (χ0) is 16.2. The highest BCUT2D eigenvalue weighted by Crippen LogP contribution is 2.17. The third-order valence-electron chi connectivity index (χ3n) is 3.00. The third-order valence-corrected chi connectivity index (χ3v) is 3.00. The molecule has 6 nitrogen and oxygen atoms in total. The van der Waals surface area contributed by atoms with E-state index in [1.54, 1.807) is 18.2 Å². The number of benzene rings is 1. The predicted molar refractivity (Wildman–Crippen MR) is 93.1 cm³/mol. The lowest BCUT2D eigenvalue weighted by Crippen LogP contribution is -2.28. The van der Waals surface area contributed by atoms with Crippen molar-refractivity contribution in [3.63, 3.8) is 0 Å². The lowest BCUT2D eigenvalue weighted by molar-refractivity contribution is -0.121. The first kappa shape index (κ1) is 21.2. The molecule has 0 aromatic heterocycles. The number of nitrogens with one attached hydrogen (secondary N) is 2. The molecule has 0 aliphatic heterocycles. The van der Waals surface area contributed by atoms with E-state index in [0.29, 0.717) is 50.4 Å². The Bertz CT molecular complexity index is 483. The minimum absolute atomic E-state index is 0. The zero-order valence-electron chi connectivity index (χ0n) is 13.5. The van der Waals surface area contributed by atoms with Gasteiger partial charge >= 0.3 is 0 Å². The van der Waals surface area contributed by atoms with E-state index in [-0.39, 0.29) is 24.2 Å². The molecule has 0 spiro atoms. The maximum absolute atomic E-state index is 12.1. The van der Waals surface area contributed by atoms with E-state index in [1.165, 1.54) is 0 Å². The van der Waals surface area contributed by atoms with Crippen molar-refractivity contribution in [2.45, 2.75) is 26.2 Å². The number of rotatable bonds is 10. The van der Waals surface area contributed by atoms with Crippen LogP contribution in [-0.2, 0) is 4.79 Å². The molecule has 0 aliphatic rings. The van der Waals surface area contributed by atoms with Gasteiger partial charge in [0.2, 0.25) is 5.91 Å². The summed E-state index contributed by atoms with van der Waals surface area (Å²) in [7, 11) is 0. The molecule has 7 heteroatoms. The molecule has 0 saturated heterocycles. The molecule has 1 aromatic carbocycles. The van der Waals surface area contributed by atoms with Crippen LogP contribution in [0.2, 0.25) is 0 Å². The van der Waals surface area contributed by atoms with Gasteiger partial charge in [-0.25, -0.2) is 0 Å². The highest BCUT2D eigenvalue weighted by atomic mass is 35.5. The van der Waals surface area contributed by atoms with Crippen LogP contribution < -0.4 is 21.1 Å². The molecule has 0 heterocycles. The fourth-order valence-electron chi connectivity index (χ4n) is 1.90. The smallest absolute Gasteiger partial charge is 0.255 e. The molecule has 4 N–H and O–H groups in total. The standard InChI is InChI=1S/C16H25N3O3.ClH/c1-2-22-14-8-4-3-7-13(14)16(21)19-11-5-9-15(20)18-12-6-10-17;/h3-4,7-8H,2,5-6,9-12,17H2,1H3,(H,18,20)(H,19,21);1H. The van der Waals surface area contributed by atoms with Crippen LogP contribution in [0.15, 0.2) is 24.3 Å². The van der Waals surface area contributed by atoms with Crippen LogP contribution in [0.3, 0.4) is 0 Å². The topological polar surface area (TPSA) is 93.4 Å². The summed E-state index contributed by atoms with van der Waals surface area (Å²) in [6, 6.07) is 7.11. The molecule has 23 heavy (non-hydrogen) atoms. The van der Waals surface area contributed by atoms with Gasteiger partial charge in [0.25, 0.3) is 5.91 Å². The van der Waals surface area contributed by atoms with E-state index in [9.17, 15) is 9.59 Å². The van der Waals surface area contributed by atoms with Gasteiger partial charge in [0.05, 0.1) is 12.2 Å². The van der Waals surface area contributed by atoms with Crippen molar-refractivity contribution >= 4 is 24.2 Å². The highest BCUT2D eigenvalue weighted by molar-refractivity contribution is 5.96. The van der Waals surface area contributed by atoms with Gasteiger partial charge < -0.3 is 21.1 Å². The number of carbonyl (C=O) groups is 2. The van der Waals surface area contributed by atoms with Crippen molar-refractivity contribution in [1.82, 2.24) is 10.6 Å². The average Bonchev–Trinajstić information content (AvgIpc) is 2.52. The largest absolute Gasteiger partial charge is 0.493 e. The maximum atomic E-state index is 12.1. The Morgan fingerprint density at radius 2 is 1.83 bits per heavy atom. The Hall–Kier alpha value is -1.79. The monoisotopic (exact) mass is 343 g/mol. The number of ether oxygens (including phenoxy) is 1. The normalized spacial score (nSPS) is 9.65. The molecule has 130 valence electrons. The van der Waals surface area contributed by atoms with Crippen LogP contribution in [0, 0.1) is 0 Å². The second-order valence-corrected chi connectivity index (χ2v) is 4.78. The number of hydrogen-bond acceptors (Lipinski definition) is 4. The van der Waals surface area contributed by atoms with Crippen molar-refractivity contribution in [2.75, 3.05) is 26.2 Å². The Balaban J connectivity index is 0.00000484. The van der Waals surface area contributed by atoms with Crippen LogP contribution in [0.25, 0.3) is 0 Å². The van der Waals surface area contributed by atoms with E-state index in [4.69, 9.17) is 10.5 Å². The number of amides is 2.